The Labute approximate surface area is 119 Å². The molecule has 98 valence electrons. The van der Waals surface area contributed by atoms with Crippen LogP contribution in [0.3, 0.4) is 0 Å². The van der Waals surface area contributed by atoms with Gasteiger partial charge >= 0.3 is 0 Å². The van der Waals surface area contributed by atoms with Crippen LogP contribution < -0.4 is 5.73 Å². The van der Waals surface area contributed by atoms with E-state index in [1.165, 1.54) is 5.56 Å². The van der Waals surface area contributed by atoms with Crippen molar-refractivity contribution >= 4 is 23.4 Å². The lowest BCUT2D eigenvalue weighted by atomic mass is 9.94. The number of hydrogen-bond acceptors (Lipinski definition) is 3. The summed E-state index contributed by atoms with van der Waals surface area (Å²) in [4.78, 5) is 0. The molecule has 0 amide bonds. The van der Waals surface area contributed by atoms with Gasteiger partial charge in [-0.2, -0.15) is 17.0 Å². The number of thioether (sulfide) groups is 1. The minimum Gasteiger partial charge on any atom is -0.313 e. The van der Waals surface area contributed by atoms with E-state index >= 15 is 0 Å². The van der Waals surface area contributed by atoms with Gasteiger partial charge in [0.05, 0.1) is 6.07 Å². The van der Waals surface area contributed by atoms with Crippen molar-refractivity contribution in [2.45, 2.75) is 37.5 Å². The number of hydrogen-bond donors (Lipinski definition) is 1. The molecule has 1 aromatic rings. The summed E-state index contributed by atoms with van der Waals surface area (Å²) in [6, 6.07) is 10.1. The van der Waals surface area contributed by atoms with Crippen LogP contribution in [0.15, 0.2) is 24.3 Å². The Bertz CT molecular complexity index is 417. The van der Waals surface area contributed by atoms with Gasteiger partial charge in [-0.3, -0.25) is 0 Å². The number of rotatable bonds is 7. The highest BCUT2D eigenvalue weighted by molar-refractivity contribution is 7.98. The van der Waals surface area contributed by atoms with Gasteiger partial charge < -0.3 is 5.73 Å². The smallest absolute Gasteiger partial charge is 0.104 e. The summed E-state index contributed by atoms with van der Waals surface area (Å²) in [6.45, 7) is 1.96. The number of nitrogens with two attached hydrogens (primary N) is 1. The molecule has 0 radical (unpaired) electrons. The molecule has 1 aromatic carbocycles. The van der Waals surface area contributed by atoms with Crippen LogP contribution in [-0.4, -0.2) is 11.3 Å². The third-order valence-electron chi connectivity index (χ3n) is 2.98. The van der Waals surface area contributed by atoms with Gasteiger partial charge in [-0.25, -0.2) is 0 Å². The van der Waals surface area contributed by atoms with E-state index in [-0.39, 0.29) is 0 Å². The first-order valence-corrected chi connectivity index (χ1v) is 7.66. The molecule has 2 nitrogen and oxygen atoms in total. The fourth-order valence-corrected chi connectivity index (χ4v) is 2.85. The molecule has 0 saturated heterocycles. The maximum absolute atomic E-state index is 8.96. The summed E-state index contributed by atoms with van der Waals surface area (Å²) < 4.78 is 0. The normalized spacial score (nSPS) is 13.9. The largest absolute Gasteiger partial charge is 0.313 e. The topological polar surface area (TPSA) is 49.8 Å². The molecule has 0 fully saturated rings. The molecule has 0 aromatic heterocycles. The summed E-state index contributed by atoms with van der Waals surface area (Å²) in [5, 5.41) is 9.78. The van der Waals surface area contributed by atoms with Crippen molar-refractivity contribution in [3.63, 3.8) is 0 Å². The Morgan fingerprint density at radius 3 is 2.78 bits per heavy atom. The molecule has 1 unspecified atom stereocenters. The van der Waals surface area contributed by atoms with Crippen molar-refractivity contribution in [2.24, 2.45) is 5.73 Å². The van der Waals surface area contributed by atoms with Gasteiger partial charge in [0.2, 0.25) is 0 Å². The highest BCUT2D eigenvalue weighted by atomic mass is 35.5. The average Bonchev–Trinajstić information content (AvgIpc) is 2.40. The second kappa shape index (κ2) is 7.68. The molecule has 0 bridgehead atoms. The van der Waals surface area contributed by atoms with Crippen LogP contribution >= 0.6 is 23.4 Å². The average molecular weight is 283 g/mol. The molecular formula is C14H19ClN2S. The van der Waals surface area contributed by atoms with Crippen LogP contribution in [-0.2, 0) is 5.75 Å². The minimum absolute atomic E-state index is 0.648. The zero-order chi connectivity index (χ0) is 13.4. The number of benzene rings is 1. The van der Waals surface area contributed by atoms with Crippen molar-refractivity contribution < 1.29 is 0 Å². The maximum Gasteiger partial charge on any atom is 0.104 e. The molecule has 4 heteroatoms. The predicted molar refractivity (Wildman–Crippen MR) is 79.7 cm³/mol. The monoisotopic (exact) mass is 282 g/mol. The van der Waals surface area contributed by atoms with E-state index in [9.17, 15) is 0 Å². The molecule has 1 atom stereocenters. The molecule has 0 heterocycles. The molecule has 2 N–H and O–H groups in total. The molecule has 18 heavy (non-hydrogen) atoms. The summed E-state index contributed by atoms with van der Waals surface area (Å²) in [6.07, 6.45) is 2.43. The van der Waals surface area contributed by atoms with Gasteiger partial charge in [-0.1, -0.05) is 36.7 Å². The standard InChI is InChI=1S/C14H19ClN2S/c1-2-14(17,11-16)8-5-9-18-10-12-6-3-4-7-13(12)15/h3-4,6-7H,2,5,8-10,17H2,1H3. The Morgan fingerprint density at radius 1 is 1.44 bits per heavy atom. The van der Waals surface area contributed by atoms with E-state index in [1.54, 1.807) is 0 Å². The maximum atomic E-state index is 8.96. The number of nitriles is 1. The van der Waals surface area contributed by atoms with Crippen molar-refractivity contribution in [1.82, 2.24) is 0 Å². The van der Waals surface area contributed by atoms with Gasteiger partial charge in [0.15, 0.2) is 0 Å². The molecular weight excluding hydrogens is 264 g/mol. The third-order valence-corrected chi connectivity index (χ3v) is 4.44. The molecule has 0 aliphatic carbocycles. The Morgan fingerprint density at radius 2 is 2.17 bits per heavy atom. The van der Waals surface area contributed by atoms with Crippen LogP contribution in [0.25, 0.3) is 0 Å². The Balaban J connectivity index is 2.24. The quantitative estimate of drug-likeness (QED) is 0.770. The third kappa shape index (κ3) is 4.89. The first-order valence-electron chi connectivity index (χ1n) is 6.12. The second-order valence-corrected chi connectivity index (χ2v) is 5.88. The lowest BCUT2D eigenvalue weighted by Gasteiger charge is -2.18. The Kier molecular flexibility index (Phi) is 6.56. The summed E-state index contributed by atoms with van der Waals surface area (Å²) in [5.41, 5.74) is 6.44. The van der Waals surface area contributed by atoms with Crippen LogP contribution in [0.5, 0.6) is 0 Å². The lowest BCUT2D eigenvalue weighted by molar-refractivity contribution is 0.478. The van der Waals surface area contributed by atoms with Gasteiger partial charge in [-0.05, 0) is 36.6 Å². The fraction of sp³-hybridized carbons (Fsp3) is 0.500. The lowest BCUT2D eigenvalue weighted by Crippen LogP contribution is -2.37. The van der Waals surface area contributed by atoms with Gasteiger partial charge in [0.25, 0.3) is 0 Å². The molecule has 0 aliphatic rings. The SMILES string of the molecule is CCC(N)(C#N)CCCSCc1ccccc1Cl. The molecule has 1 rings (SSSR count). The number of nitrogens with zero attached hydrogens (tertiary/aromatic N) is 1. The second-order valence-electron chi connectivity index (χ2n) is 4.37. The van der Waals surface area contributed by atoms with Gasteiger partial charge in [0.1, 0.15) is 5.54 Å². The predicted octanol–water partition coefficient (Wildman–Crippen LogP) is 3.98. The van der Waals surface area contributed by atoms with Crippen LogP contribution in [0, 0.1) is 11.3 Å². The van der Waals surface area contributed by atoms with E-state index in [0.29, 0.717) is 6.42 Å². The molecule has 0 spiro atoms. The van der Waals surface area contributed by atoms with Crippen molar-refractivity contribution in [3.05, 3.63) is 34.9 Å². The van der Waals surface area contributed by atoms with Crippen molar-refractivity contribution in [2.75, 3.05) is 5.75 Å². The summed E-state index contributed by atoms with van der Waals surface area (Å²) in [5.74, 6) is 1.92. The van der Waals surface area contributed by atoms with Crippen LogP contribution in [0.1, 0.15) is 31.7 Å². The van der Waals surface area contributed by atoms with E-state index < -0.39 is 5.54 Å². The number of halogens is 1. The van der Waals surface area contributed by atoms with Gasteiger partial charge in [-0.15, -0.1) is 0 Å². The van der Waals surface area contributed by atoms with Crippen molar-refractivity contribution in [3.8, 4) is 6.07 Å². The highest BCUT2D eigenvalue weighted by Gasteiger charge is 2.20. The first kappa shape index (κ1) is 15.4. The van der Waals surface area contributed by atoms with Crippen molar-refractivity contribution in [1.29, 1.82) is 5.26 Å². The van der Waals surface area contributed by atoms with Gasteiger partial charge in [0, 0.05) is 10.8 Å². The van der Waals surface area contributed by atoms with E-state index in [1.807, 2.05) is 43.0 Å². The zero-order valence-electron chi connectivity index (χ0n) is 10.7. The van der Waals surface area contributed by atoms with E-state index in [2.05, 4.69) is 6.07 Å². The first-order chi connectivity index (χ1) is 8.61. The zero-order valence-corrected chi connectivity index (χ0v) is 12.2. The van der Waals surface area contributed by atoms with Crippen LogP contribution in [0.4, 0.5) is 0 Å². The molecule has 0 saturated carbocycles. The Hall–Kier alpha value is -0.690. The van der Waals surface area contributed by atoms with E-state index in [0.717, 1.165) is 29.4 Å². The fourth-order valence-electron chi connectivity index (χ4n) is 1.60. The molecule has 0 aliphatic heterocycles. The summed E-state index contributed by atoms with van der Waals surface area (Å²) in [7, 11) is 0. The van der Waals surface area contributed by atoms with Crippen LogP contribution in [0.2, 0.25) is 5.02 Å². The highest BCUT2D eigenvalue weighted by Crippen LogP contribution is 2.22. The minimum atomic E-state index is -0.648. The summed E-state index contributed by atoms with van der Waals surface area (Å²) >= 11 is 7.91. The van der Waals surface area contributed by atoms with E-state index in [4.69, 9.17) is 22.6 Å².